The first-order valence-electron chi connectivity index (χ1n) is 10.4. The topological polar surface area (TPSA) is 154 Å². The van der Waals surface area contributed by atoms with Crippen LogP contribution < -0.4 is 38.8 Å². The molecule has 1 saturated heterocycles. The Labute approximate surface area is 177 Å². The van der Waals surface area contributed by atoms with Crippen LogP contribution in [0.2, 0.25) is 0 Å². The lowest BCUT2D eigenvalue weighted by molar-refractivity contribution is 0.246. The van der Waals surface area contributed by atoms with Crippen LogP contribution in [0.3, 0.4) is 0 Å². The molecule has 2 amide bonds. The number of anilines is 1. The molecule has 3 atom stereocenters. The number of nitrogens with zero attached hydrogens (tertiary/aromatic N) is 3. The van der Waals surface area contributed by atoms with Crippen molar-refractivity contribution in [2.75, 3.05) is 30.4 Å². The van der Waals surface area contributed by atoms with Gasteiger partial charge in [0.15, 0.2) is 0 Å². The van der Waals surface area contributed by atoms with Gasteiger partial charge in [0.05, 0.1) is 16.6 Å². The van der Waals surface area contributed by atoms with Crippen molar-refractivity contribution in [1.29, 1.82) is 0 Å². The smallest absolute Gasteiger partial charge is 0.350 e. The number of halogens is 1. The van der Waals surface area contributed by atoms with Gasteiger partial charge in [-0.05, 0) is 37.7 Å². The molecule has 31 heavy (non-hydrogen) atoms. The van der Waals surface area contributed by atoms with Gasteiger partial charge in [-0.25, -0.2) is 14.0 Å². The fraction of sp³-hybridized carbons (Fsp3) is 0.550. The Morgan fingerprint density at radius 3 is 2.61 bits per heavy atom. The van der Waals surface area contributed by atoms with Gasteiger partial charge in [-0.1, -0.05) is 6.92 Å². The minimum atomic E-state index is -0.710. The maximum Gasteiger partial charge on any atom is 0.350 e. The summed E-state index contributed by atoms with van der Waals surface area (Å²) in [6, 6.07) is 0.151. The van der Waals surface area contributed by atoms with Crippen molar-refractivity contribution in [3.8, 4) is 0 Å². The summed E-state index contributed by atoms with van der Waals surface area (Å²) in [4.78, 5) is 38.2. The number of carbonyl (C=O) groups excluding carboxylic acids is 1. The fourth-order valence-corrected chi connectivity index (χ4v) is 4.82. The molecule has 10 nitrogen and oxygen atoms in total. The molecule has 2 heterocycles. The maximum absolute atomic E-state index is 15.3. The number of fused-ring (bicyclic) bond motifs is 1. The van der Waals surface area contributed by atoms with Crippen molar-refractivity contribution in [2.24, 2.45) is 23.3 Å². The van der Waals surface area contributed by atoms with Gasteiger partial charge in [0, 0.05) is 37.3 Å². The molecule has 0 radical (unpaired) electrons. The van der Waals surface area contributed by atoms with Crippen LogP contribution in [0, 0.1) is 24.6 Å². The molecule has 0 bridgehead atoms. The maximum atomic E-state index is 15.3. The summed E-state index contributed by atoms with van der Waals surface area (Å²) in [6.45, 7) is 5.02. The second-order valence-electron chi connectivity index (χ2n) is 8.74. The van der Waals surface area contributed by atoms with Crippen LogP contribution in [0.25, 0.3) is 10.9 Å². The van der Waals surface area contributed by atoms with E-state index in [1.807, 2.05) is 11.8 Å². The van der Waals surface area contributed by atoms with Gasteiger partial charge in [-0.2, -0.15) is 4.68 Å². The molecule has 1 aromatic heterocycles. The van der Waals surface area contributed by atoms with E-state index < -0.39 is 23.1 Å². The predicted molar refractivity (Wildman–Crippen MR) is 116 cm³/mol. The first-order valence-corrected chi connectivity index (χ1v) is 10.4. The average molecular weight is 433 g/mol. The van der Waals surface area contributed by atoms with Gasteiger partial charge in [0.2, 0.25) is 0 Å². The zero-order valence-corrected chi connectivity index (χ0v) is 17.6. The minimum absolute atomic E-state index is 0.00372. The highest BCUT2D eigenvalue weighted by molar-refractivity contribution is 5.87. The number of carbonyl (C=O) groups is 1. The molecule has 4 rings (SSSR count). The monoisotopic (exact) mass is 433 g/mol. The van der Waals surface area contributed by atoms with Crippen molar-refractivity contribution >= 4 is 22.6 Å². The number of hydrogen-bond donors (Lipinski definition) is 4. The summed E-state index contributed by atoms with van der Waals surface area (Å²) in [6.07, 6.45) is 1.62. The molecular formula is C20H28FN7O3. The summed E-state index contributed by atoms with van der Waals surface area (Å²) in [7, 11) is 0. The van der Waals surface area contributed by atoms with Crippen molar-refractivity contribution in [3.63, 3.8) is 0 Å². The number of hydrogen-bond acceptors (Lipinski definition) is 6. The lowest BCUT2D eigenvalue weighted by atomic mass is 9.91. The summed E-state index contributed by atoms with van der Waals surface area (Å²) in [5.41, 5.74) is 11.4. The number of nitrogens with one attached hydrogen (secondary N) is 1. The van der Waals surface area contributed by atoms with Gasteiger partial charge >= 0.3 is 11.7 Å². The van der Waals surface area contributed by atoms with Crippen molar-refractivity contribution in [2.45, 2.75) is 38.8 Å². The SMILES string of the molecule is Cc1c(N2C[C@H]([C@@H](N)CNC(N)=O)[C@H](C)C2)c(F)cc2c(=O)n(N)c(=O)n(C3CC3)c12. The molecule has 11 heteroatoms. The summed E-state index contributed by atoms with van der Waals surface area (Å²) in [5.74, 6) is 5.28. The number of rotatable bonds is 5. The predicted octanol–water partition coefficient (Wildman–Crippen LogP) is -0.273. The highest BCUT2D eigenvalue weighted by Crippen LogP contribution is 2.40. The molecule has 1 aliphatic carbocycles. The van der Waals surface area contributed by atoms with E-state index in [-0.39, 0.29) is 35.9 Å². The Morgan fingerprint density at radius 1 is 1.32 bits per heavy atom. The Kier molecular flexibility index (Phi) is 5.16. The van der Waals surface area contributed by atoms with Crippen LogP contribution in [0.1, 0.15) is 31.4 Å². The van der Waals surface area contributed by atoms with Crippen molar-refractivity contribution < 1.29 is 9.18 Å². The van der Waals surface area contributed by atoms with Gasteiger partial charge in [-0.3, -0.25) is 9.36 Å². The number of aryl methyl sites for hydroxylation is 1. The number of primary amides is 1. The first kappa shape index (κ1) is 21.2. The Bertz CT molecular complexity index is 1170. The number of urea groups is 1. The van der Waals surface area contributed by atoms with E-state index in [1.165, 1.54) is 10.6 Å². The van der Waals surface area contributed by atoms with E-state index >= 15 is 4.39 Å². The zero-order valence-electron chi connectivity index (χ0n) is 17.6. The van der Waals surface area contributed by atoms with E-state index in [2.05, 4.69) is 5.32 Å². The Hall–Kier alpha value is -3.08. The zero-order chi connectivity index (χ0) is 22.6. The van der Waals surface area contributed by atoms with Gasteiger partial charge < -0.3 is 27.5 Å². The highest BCUT2D eigenvalue weighted by atomic mass is 19.1. The van der Waals surface area contributed by atoms with Crippen LogP contribution in [-0.2, 0) is 0 Å². The van der Waals surface area contributed by atoms with E-state index in [9.17, 15) is 14.4 Å². The van der Waals surface area contributed by atoms with Crippen molar-refractivity contribution in [3.05, 3.63) is 38.3 Å². The Balaban J connectivity index is 1.78. The molecule has 168 valence electrons. The molecule has 1 aliphatic heterocycles. The number of amides is 2. The number of benzene rings is 1. The summed E-state index contributed by atoms with van der Waals surface area (Å²) in [5, 5.41) is 2.62. The van der Waals surface area contributed by atoms with Gasteiger partial charge in [0.1, 0.15) is 5.82 Å². The van der Waals surface area contributed by atoms with E-state index in [0.29, 0.717) is 34.5 Å². The molecule has 2 aliphatic rings. The van der Waals surface area contributed by atoms with Crippen LogP contribution in [-0.4, -0.2) is 41.0 Å². The molecule has 2 aromatic rings. The highest BCUT2D eigenvalue weighted by Gasteiger charge is 2.37. The van der Waals surface area contributed by atoms with Crippen LogP contribution >= 0.6 is 0 Å². The third-order valence-electron chi connectivity index (χ3n) is 6.53. The number of nitrogen functional groups attached to an aromatic ring is 1. The molecular weight excluding hydrogens is 405 g/mol. The normalized spacial score (nSPS) is 22.1. The van der Waals surface area contributed by atoms with Gasteiger partial charge in [0.25, 0.3) is 5.56 Å². The first-order chi connectivity index (χ1) is 14.6. The Morgan fingerprint density at radius 2 is 2.00 bits per heavy atom. The second-order valence-corrected chi connectivity index (χ2v) is 8.74. The third-order valence-corrected chi connectivity index (χ3v) is 6.53. The molecule has 2 fully saturated rings. The second kappa shape index (κ2) is 7.56. The molecule has 1 saturated carbocycles. The van der Waals surface area contributed by atoms with E-state index in [4.69, 9.17) is 17.3 Å². The van der Waals surface area contributed by atoms with Crippen molar-refractivity contribution in [1.82, 2.24) is 14.6 Å². The van der Waals surface area contributed by atoms with Crippen LogP contribution in [0.4, 0.5) is 14.9 Å². The lowest BCUT2D eigenvalue weighted by Crippen LogP contribution is -2.46. The fourth-order valence-electron chi connectivity index (χ4n) is 4.82. The molecule has 0 unspecified atom stereocenters. The summed E-state index contributed by atoms with van der Waals surface area (Å²) >= 11 is 0. The minimum Gasteiger partial charge on any atom is -0.368 e. The van der Waals surface area contributed by atoms with E-state index in [1.54, 1.807) is 6.92 Å². The molecule has 7 N–H and O–H groups in total. The largest absolute Gasteiger partial charge is 0.368 e. The standard InChI is InChI=1S/C20H28FN7O3/c1-9-7-26(8-13(9)15(22)6-25-19(23)30)17-10(2)16-12(5-14(17)21)18(29)28(24)20(31)27(16)11-3-4-11/h5,9,11,13,15H,3-4,6-8,22,24H2,1-2H3,(H3,23,25,30)/t9-,13+,15+/m1/s1. The number of aromatic nitrogens is 2. The van der Waals surface area contributed by atoms with Crippen LogP contribution in [0.15, 0.2) is 15.7 Å². The van der Waals surface area contributed by atoms with Crippen LogP contribution in [0.5, 0.6) is 0 Å². The molecule has 0 spiro atoms. The number of nitrogens with two attached hydrogens (primary N) is 3. The van der Waals surface area contributed by atoms with Gasteiger partial charge in [-0.15, -0.1) is 0 Å². The third kappa shape index (κ3) is 3.52. The average Bonchev–Trinajstić information content (AvgIpc) is 3.47. The molecule has 1 aromatic carbocycles. The lowest BCUT2D eigenvalue weighted by Gasteiger charge is -2.25. The van der Waals surface area contributed by atoms with E-state index in [0.717, 1.165) is 12.8 Å². The summed E-state index contributed by atoms with van der Waals surface area (Å²) < 4.78 is 17.4. The quantitative estimate of drug-likeness (QED) is 0.476.